The standard InChI is InChI=1S/C11H17FN2O2S/c1-4-14(8(2)3)17(15,16)11-7-9(12)5-6-10(11)13/h5-8H,4,13H2,1-3H3. The molecule has 1 rings (SSSR count). The molecule has 96 valence electrons. The maximum absolute atomic E-state index is 13.1. The van der Waals surface area contributed by atoms with Crippen molar-refractivity contribution >= 4 is 15.7 Å². The fourth-order valence-electron chi connectivity index (χ4n) is 1.67. The summed E-state index contributed by atoms with van der Waals surface area (Å²) >= 11 is 0. The van der Waals surface area contributed by atoms with Gasteiger partial charge < -0.3 is 5.73 Å². The van der Waals surface area contributed by atoms with Gasteiger partial charge in [-0.2, -0.15) is 4.31 Å². The van der Waals surface area contributed by atoms with Gasteiger partial charge in [0.2, 0.25) is 10.0 Å². The lowest BCUT2D eigenvalue weighted by atomic mass is 10.3. The maximum Gasteiger partial charge on any atom is 0.245 e. The van der Waals surface area contributed by atoms with Crippen LogP contribution in [0.5, 0.6) is 0 Å². The van der Waals surface area contributed by atoms with Crippen molar-refractivity contribution < 1.29 is 12.8 Å². The highest BCUT2D eigenvalue weighted by Gasteiger charge is 2.27. The van der Waals surface area contributed by atoms with Crippen LogP contribution in [0.1, 0.15) is 20.8 Å². The summed E-state index contributed by atoms with van der Waals surface area (Å²) in [5, 5.41) is 0. The summed E-state index contributed by atoms with van der Waals surface area (Å²) in [6.45, 7) is 5.57. The van der Waals surface area contributed by atoms with Gasteiger partial charge in [-0.1, -0.05) is 6.92 Å². The first kappa shape index (κ1) is 13.9. The molecule has 0 spiro atoms. The Morgan fingerprint density at radius 3 is 2.47 bits per heavy atom. The highest BCUT2D eigenvalue weighted by Crippen LogP contribution is 2.24. The van der Waals surface area contributed by atoms with E-state index in [2.05, 4.69) is 0 Å². The number of hydrogen-bond donors (Lipinski definition) is 1. The van der Waals surface area contributed by atoms with E-state index in [9.17, 15) is 12.8 Å². The van der Waals surface area contributed by atoms with Crippen molar-refractivity contribution in [3.05, 3.63) is 24.0 Å². The van der Waals surface area contributed by atoms with E-state index >= 15 is 0 Å². The van der Waals surface area contributed by atoms with Crippen LogP contribution >= 0.6 is 0 Å². The molecule has 17 heavy (non-hydrogen) atoms. The molecule has 1 aromatic rings. The zero-order valence-electron chi connectivity index (χ0n) is 10.1. The number of anilines is 1. The number of nitrogens with two attached hydrogens (primary N) is 1. The molecule has 0 amide bonds. The molecule has 2 N–H and O–H groups in total. The van der Waals surface area contributed by atoms with Crippen LogP contribution in [-0.2, 0) is 10.0 Å². The van der Waals surface area contributed by atoms with Crippen LogP contribution in [0.4, 0.5) is 10.1 Å². The Kier molecular flexibility index (Phi) is 4.11. The van der Waals surface area contributed by atoms with E-state index in [1.165, 1.54) is 10.4 Å². The zero-order valence-corrected chi connectivity index (χ0v) is 11.0. The summed E-state index contributed by atoms with van der Waals surface area (Å²) in [5.74, 6) is -0.613. The number of rotatable bonds is 4. The number of sulfonamides is 1. The molecule has 0 atom stereocenters. The van der Waals surface area contributed by atoms with Crippen LogP contribution in [0.2, 0.25) is 0 Å². The molecule has 0 saturated carbocycles. The number of benzene rings is 1. The molecule has 1 aromatic carbocycles. The second-order valence-corrected chi connectivity index (χ2v) is 5.84. The average molecular weight is 260 g/mol. The molecule has 0 fully saturated rings. The third kappa shape index (κ3) is 2.76. The molecule has 0 bridgehead atoms. The monoisotopic (exact) mass is 260 g/mol. The van der Waals surface area contributed by atoms with Gasteiger partial charge in [-0.3, -0.25) is 0 Å². The van der Waals surface area contributed by atoms with Crippen LogP contribution in [-0.4, -0.2) is 25.3 Å². The second-order valence-electron chi connectivity index (χ2n) is 3.98. The van der Waals surface area contributed by atoms with Crippen molar-refractivity contribution in [1.29, 1.82) is 0 Å². The highest BCUT2D eigenvalue weighted by atomic mass is 32.2. The summed E-state index contributed by atoms with van der Waals surface area (Å²) in [7, 11) is -3.74. The van der Waals surface area contributed by atoms with Crippen LogP contribution in [0.25, 0.3) is 0 Å². The quantitative estimate of drug-likeness (QED) is 0.840. The lowest BCUT2D eigenvalue weighted by molar-refractivity contribution is 0.369. The minimum absolute atomic E-state index is 0.0606. The first-order chi connectivity index (χ1) is 7.80. The van der Waals surface area contributed by atoms with Gasteiger partial charge in [-0.15, -0.1) is 0 Å². The highest BCUT2D eigenvalue weighted by molar-refractivity contribution is 7.89. The van der Waals surface area contributed by atoms with Gasteiger partial charge in [0.05, 0.1) is 5.69 Å². The molecule has 0 aliphatic heterocycles. The van der Waals surface area contributed by atoms with Crippen LogP contribution < -0.4 is 5.73 Å². The van der Waals surface area contributed by atoms with E-state index in [0.717, 1.165) is 12.1 Å². The molecule has 0 aromatic heterocycles. The van der Waals surface area contributed by atoms with Gasteiger partial charge in [0.1, 0.15) is 10.7 Å². The molecule has 0 heterocycles. The van der Waals surface area contributed by atoms with E-state index in [0.29, 0.717) is 6.54 Å². The van der Waals surface area contributed by atoms with E-state index < -0.39 is 15.8 Å². The SMILES string of the molecule is CCN(C(C)C)S(=O)(=O)c1cc(F)ccc1N. The van der Waals surface area contributed by atoms with Crippen molar-refractivity contribution in [3.63, 3.8) is 0 Å². The Bertz CT molecular complexity index is 500. The summed E-state index contributed by atoms with van der Waals surface area (Å²) in [6.07, 6.45) is 0. The summed E-state index contributed by atoms with van der Waals surface area (Å²) in [6, 6.07) is 3.15. The molecule has 0 saturated heterocycles. The molecule has 0 aliphatic rings. The number of hydrogen-bond acceptors (Lipinski definition) is 3. The first-order valence-corrected chi connectivity index (χ1v) is 6.81. The maximum atomic E-state index is 13.1. The van der Waals surface area contributed by atoms with Crippen LogP contribution in [0.3, 0.4) is 0 Å². The molecule has 4 nitrogen and oxygen atoms in total. The van der Waals surface area contributed by atoms with Gasteiger partial charge in [0.25, 0.3) is 0 Å². The Balaban J connectivity index is 3.35. The summed E-state index contributed by atoms with van der Waals surface area (Å²) in [4.78, 5) is -0.173. The largest absolute Gasteiger partial charge is 0.398 e. The Hall–Kier alpha value is -1.14. The Morgan fingerprint density at radius 1 is 1.41 bits per heavy atom. The average Bonchev–Trinajstić information content (AvgIpc) is 2.21. The first-order valence-electron chi connectivity index (χ1n) is 5.37. The van der Waals surface area contributed by atoms with Gasteiger partial charge in [0, 0.05) is 12.6 Å². The van der Waals surface area contributed by atoms with Gasteiger partial charge in [0.15, 0.2) is 0 Å². The third-order valence-electron chi connectivity index (χ3n) is 2.45. The zero-order chi connectivity index (χ0) is 13.2. The Morgan fingerprint density at radius 2 is 2.00 bits per heavy atom. The smallest absolute Gasteiger partial charge is 0.245 e. The second kappa shape index (κ2) is 5.01. The summed E-state index contributed by atoms with van der Waals surface area (Å²) in [5.41, 5.74) is 5.66. The predicted octanol–water partition coefficient (Wildman–Crippen LogP) is 1.83. The molecular formula is C11H17FN2O2S. The van der Waals surface area contributed by atoms with E-state index in [1.807, 2.05) is 0 Å². The fourth-order valence-corrected chi connectivity index (χ4v) is 3.45. The number of halogens is 1. The van der Waals surface area contributed by atoms with Crippen molar-refractivity contribution in [1.82, 2.24) is 4.31 Å². The van der Waals surface area contributed by atoms with Crippen LogP contribution in [0.15, 0.2) is 23.1 Å². The lowest BCUT2D eigenvalue weighted by Crippen LogP contribution is -2.37. The lowest BCUT2D eigenvalue weighted by Gasteiger charge is -2.24. The van der Waals surface area contributed by atoms with E-state index in [1.54, 1.807) is 20.8 Å². The van der Waals surface area contributed by atoms with Crippen LogP contribution in [0, 0.1) is 5.82 Å². The van der Waals surface area contributed by atoms with Crippen molar-refractivity contribution in [2.75, 3.05) is 12.3 Å². The summed E-state index contributed by atoms with van der Waals surface area (Å²) < 4.78 is 38.9. The van der Waals surface area contributed by atoms with Crippen molar-refractivity contribution in [2.24, 2.45) is 0 Å². The molecule has 0 radical (unpaired) electrons. The minimum atomic E-state index is -3.74. The number of nitrogens with zero attached hydrogens (tertiary/aromatic N) is 1. The molecular weight excluding hydrogens is 243 g/mol. The Labute approximate surface area is 101 Å². The van der Waals surface area contributed by atoms with Crippen molar-refractivity contribution in [2.45, 2.75) is 31.7 Å². The topological polar surface area (TPSA) is 63.4 Å². The molecule has 0 unspecified atom stereocenters. The van der Waals surface area contributed by atoms with E-state index in [-0.39, 0.29) is 16.6 Å². The predicted molar refractivity (Wildman–Crippen MR) is 65.5 cm³/mol. The molecule has 0 aliphatic carbocycles. The fraction of sp³-hybridized carbons (Fsp3) is 0.455. The third-order valence-corrected chi connectivity index (χ3v) is 4.66. The van der Waals surface area contributed by atoms with Crippen molar-refractivity contribution in [3.8, 4) is 0 Å². The van der Waals surface area contributed by atoms with E-state index in [4.69, 9.17) is 5.73 Å². The minimum Gasteiger partial charge on any atom is -0.398 e. The molecule has 6 heteroatoms. The van der Waals surface area contributed by atoms with Gasteiger partial charge >= 0.3 is 0 Å². The normalized spacial score (nSPS) is 12.4. The van der Waals surface area contributed by atoms with Gasteiger partial charge in [-0.05, 0) is 32.0 Å². The van der Waals surface area contributed by atoms with Gasteiger partial charge in [-0.25, -0.2) is 12.8 Å². The number of nitrogen functional groups attached to an aromatic ring is 1.